The molecule has 2 nitrogen and oxygen atoms in total. The second-order valence-corrected chi connectivity index (χ2v) is 24.7. The SMILES string of the molecule is c1ccc(-c2ccccc2N(c2ccc(-c3cccc4c3-c3ccccc3C3CCC45C4CC6(CC7CC(C3)(c3ccccc3-c3ccccc37)C65)c3ccccc3-c3ccccc34)cc2)c2cccc3c2oc2ccccc23)cc1. The van der Waals surface area contributed by atoms with Crippen LogP contribution < -0.4 is 4.90 Å². The summed E-state index contributed by atoms with van der Waals surface area (Å²) >= 11 is 0. The van der Waals surface area contributed by atoms with E-state index in [0.717, 1.165) is 70.2 Å². The van der Waals surface area contributed by atoms with Gasteiger partial charge in [0.25, 0.3) is 0 Å². The molecule has 81 heavy (non-hydrogen) atoms. The normalized spacial score (nSPS) is 23.9. The minimum atomic E-state index is -0.185. The lowest BCUT2D eigenvalue weighted by Crippen LogP contribution is -2.57. The van der Waals surface area contributed by atoms with Crippen molar-refractivity contribution in [3.8, 4) is 55.6 Å². The van der Waals surface area contributed by atoms with Gasteiger partial charge in [-0.1, -0.05) is 231 Å². The lowest BCUT2D eigenvalue weighted by atomic mass is 9.43. The second kappa shape index (κ2) is 17.0. The van der Waals surface area contributed by atoms with Crippen molar-refractivity contribution in [2.45, 2.75) is 72.5 Å². The molecule has 7 unspecified atom stereocenters. The van der Waals surface area contributed by atoms with Gasteiger partial charge in [0.05, 0.1) is 11.4 Å². The highest BCUT2D eigenvalue weighted by atomic mass is 16.3. The van der Waals surface area contributed by atoms with Crippen LogP contribution in [0.3, 0.4) is 0 Å². The lowest BCUT2D eigenvalue weighted by Gasteiger charge is -2.60. The predicted molar refractivity (Wildman–Crippen MR) is 333 cm³/mol. The Balaban J connectivity index is 0.897. The molecule has 0 saturated heterocycles. The van der Waals surface area contributed by atoms with E-state index >= 15 is 0 Å². The van der Waals surface area contributed by atoms with Crippen LogP contribution in [0.5, 0.6) is 0 Å². The Hall–Kier alpha value is -8.98. The van der Waals surface area contributed by atoms with Crippen LogP contribution in [0.4, 0.5) is 17.1 Å². The number of nitrogens with zero attached hydrogens (tertiary/aromatic N) is 1. The molecule has 12 aromatic rings. The lowest BCUT2D eigenvalue weighted by molar-refractivity contribution is 0.0437. The molecule has 0 aliphatic heterocycles. The maximum absolute atomic E-state index is 6.86. The highest BCUT2D eigenvalue weighted by Gasteiger charge is 2.74. The number of para-hydroxylation sites is 3. The van der Waals surface area contributed by atoms with Crippen molar-refractivity contribution in [1.29, 1.82) is 0 Å². The van der Waals surface area contributed by atoms with Crippen molar-refractivity contribution in [3.63, 3.8) is 0 Å². The molecule has 11 aromatic carbocycles. The molecular weight excluding hydrogens is 979 g/mol. The number of fused-ring (bicyclic) bond motifs is 18. The maximum Gasteiger partial charge on any atom is 0.159 e. The van der Waals surface area contributed by atoms with E-state index in [1.165, 1.54) is 68.5 Å². The molecule has 0 radical (unpaired) electrons. The van der Waals surface area contributed by atoms with Crippen molar-refractivity contribution in [2.24, 2.45) is 5.92 Å². The van der Waals surface area contributed by atoms with E-state index in [2.05, 4.69) is 266 Å². The van der Waals surface area contributed by atoms with Crippen molar-refractivity contribution in [1.82, 2.24) is 0 Å². The van der Waals surface area contributed by atoms with Gasteiger partial charge in [-0.2, -0.15) is 0 Å². The molecule has 1 aromatic heterocycles. The Morgan fingerprint density at radius 2 is 0.877 bits per heavy atom. The summed E-state index contributed by atoms with van der Waals surface area (Å²) < 4.78 is 6.86. The van der Waals surface area contributed by atoms with Gasteiger partial charge in [0, 0.05) is 38.3 Å². The Kier molecular flexibility index (Phi) is 9.63. The van der Waals surface area contributed by atoms with E-state index in [-0.39, 0.29) is 16.2 Å². The van der Waals surface area contributed by atoms with E-state index in [1.54, 1.807) is 27.8 Å². The third kappa shape index (κ3) is 6.18. The first-order chi connectivity index (χ1) is 40.1. The van der Waals surface area contributed by atoms with Crippen LogP contribution in [0.2, 0.25) is 0 Å². The van der Waals surface area contributed by atoms with E-state index in [4.69, 9.17) is 4.42 Å². The smallest absolute Gasteiger partial charge is 0.159 e. The molecule has 6 aliphatic rings. The number of furan rings is 1. The van der Waals surface area contributed by atoms with E-state index in [9.17, 15) is 0 Å². The summed E-state index contributed by atoms with van der Waals surface area (Å²) in [6.45, 7) is 0. The summed E-state index contributed by atoms with van der Waals surface area (Å²) in [5, 5.41) is 2.23. The van der Waals surface area contributed by atoms with E-state index in [0.29, 0.717) is 23.7 Å². The summed E-state index contributed by atoms with van der Waals surface area (Å²) in [5.41, 5.74) is 27.6. The first-order valence-electron chi connectivity index (χ1n) is 29.7. The fourth-order valence-corrected chi connectivity index (χ4v) is 18.9. The number of hydrogen-bond acceptors (Lipinski definition) is 2. The average molecular weight is 1040 g/mol. The zero-order chi connectivity index (χ0) is 53.0. The summed E-state index contributed by atoms with van der Waals surface area (Å²) in [5.74, 6) is 1.46. The van der Waals surface area contributed by atoms with Crippen LogP contribution in [0.1, 0.15) is 89.7 Å². The molecule has 6 bridgehead atoms. The van der Waals surface area contributed by atoms with Gasteiger partial charge in [0.2, 0.25) is 0 Å². The van der Waals surface area contributed by atoms with Gasteiger partial charge in [-0.3, -0.25) is 0 Å². The summed E-state index contributed by atoms with van der Waals surface area (Å²) in [7, 11) is 0. The minimum Gasteiger partial charge on any atom is -0.454 e. The van der Waals surface area contributed by atoms with Crippen molar-refractivity contribution < 1.29 is 4.42 Å². The average Bonchev–Trinajstić information content (AvgIpc) is 1.68. The fourth-order valence-electron chi connectivity index (χ4n) is 18.9. The molecule has 0 N–H and O–H groups in total. The summed E-state index contributed by atoms with van der Waals surface area (Å²) in [6.07, 6.45) is 6.95. The number of rotatable bonds is 5. The molecule has 3 fully saturated rings. The van der Waals surface area contributed by atoms with Gasteiger partial charge in [-0.05, 0) is 176 Å². The largest absolute Gasteiger partial charge is 0.454 e. The first kappa shape index (κ1) is 45.8. The Labute approximate surface area is 474 Å². The van der Waals surface area contributed by atoms with Crippen molar-refractivity contribution >= 4 is 39.0 Å². The van der Waals surface area contributed by atoms with Crippen LogP contribution in [-0.2, 0) is 16.2 Å². The number of hydrogen-bond donors (Lipinski definition) is 0. The molecule has 1 heterocycles. The van der Waals surface area contributed by atoms with Crippen LogP contribution in [0.15, 0.2) is 265 Å². The monoisotopic (exact) mass is 1040 g/mol. The van der Waals surface area contributed by atoms with E-state index in [1.807, 2.05) is 0 Å². The van der Waals surface area contributed by atoms with Crippen LogP contribution in [-0.4, -0.2) is 0 Å². The van der Waals surface area contributed by atoms with E-state index < -0.39 is 0 Å². The zero-order valence-electron chi connectivity index (χ0n) is 45.2. The standard InChI is InChI=1S/C79H59NO/c1-2-20-50(21-3-1)57-24-12-16-37-71(57)80(72-38-19-33-66-64-30-13-17-39-73(64)81-75(66)72)54-42-40-51(41-43-54)58-32-18-36-69-74(58)65-31-9-5-22-55(65)52-44-45-79(69)70-49-78(68-35-15-11-28-62(68)60-26-7-8-29-63(60)70)48-53-47-77(46-52,76(78)79)67-34-14-10-27-61(67)59-25-6-4-23-56(53)59/h1-43,52-53,70,76H,44-49H2. The first-order valence-corrected chi connectivity index (χ1v) is 29.7. The summed E-state index contributed by atoms with van der Waals surface area (Å²) in [4.78, 5) is 2.43. The topological polar surface area (TPSA) is 16.4 Å². The molecule has 3 saturated carbocycles. The maximum atomic E-state index is 6.86. The molecular formula is C79H59NO. The van der Waals surface area contributed by atoms with Gasteiger partial charge < -0.3 is 9.32 Å². The molecule has 0 amide bonds. The van der Waals surface area contributed by atoms with Crippen LogP contribution in [0.25, 0.3) is 77.6 Å². The fraction of sp³-hybridized carbons (Fsp3) is 0.165. The van der Waals surface area contributed by atoms with Gasteiger partial charge in [-0.25, -0.2) is 0 Å². The Bertz CT molecular complexity index is 4550. The molecule has 6 aliphatic carbocycles. The van der Waals surface area contributed by atoms with Crippen LogP contribution in [0, 0.1) is 5.92 Å². The van der Waals surface area contributed by atoms with Gasteiger partial charge >= 0.3 is 0 Å². The minimum absolute atomic E-state index is 0.0870. The highest BCUT2D eigenvalue weighted by molar-refractivity contribution is 6.11. The molecule has 386 valence electrons. The highest BCUT2D eigenvalue weighted by Crippen LogP contribution is 2.81. The third-order valence-electron chi connectivity index (χ3n) is 21.3. The van der Waals surface area contributed by atoms with Crippen molar-refractivity contribution in [2.75, 3.05) is 4.90 Å². The van der Waals surface area contributed by atoms with Gasteiger partial charge in [0.15, 0.2) is 5.58 Å². The van der Waals surface area contributed by atoms with Gasteiger partial charge in [-0.15, -0.1) is 0 Å². The molecule has 2 heteroatoms. The van der Waals surface area contributed by atoms with Crippen molar-refractivity contribution in [3.05, 3.63) is 294 Å². The quantitative estimate of drug-likeness (QED) is 0.171. The third-order valence-corrected chi connectivity index (χ3v) is 21.3. The Morgan fingerprint density at radius 3 is 1.64 bits per heavy atom. The number of benzene rings is 11. The molecule has 7 atom stereocenters. The molecule has 18 rings (SSSR count). The van der Waals surface area contributed by atoms with Crippen LogP contribution >= 0.6 is 0 Å². The van der Waals surface area contributed by atoms with Gasteiger partial charge in [0.1, 0.15) is 5.58 Å². The second-order valence-electron chi connectivity index (χ2n) is 24.7. The predicted octanol–water partition coefficient (Wildman–Crippen LogP) is 20.8. The molecule has 2 spiro atoms. The summed E-state index contributed by atoms with van der Waals surface area (Å²) in [6, 6.07) is 100. The zero-order valence-corrected chi connectivity index (χ0v) is 45.2. The number of anilines is 3. The Morgan fingerprint density at radius 1 is 0.358 bits per heavy atom.